The smallest absolute Gasteiger partial charge is 0.229 e. The fourth-order valence-electron chi connectivity index (χ4n) is 0.752. The predicted molar refractivity (Wildman–Crippen MR) is 43.3 cm³/mol. The molecule has 0 N–H and O–H groups in total. The Kier molecular flexibility index (Phi) is 2.51. The molecule has 2 heteroatoms. The van der Waals surface area contributed by atoms with Gasteiger partial charge in [-0.15, -0.1) is 6.42 Å². The first-order valence-electron chi connectivity index (χ1n) is 3.43. The van der Waals surface area contributed by atoms with Crippen molar-refractivity contribution >= 4 is 0 Å². The van der Waals surface area contributed by atoms with Crippen molar-refractivity contribution in [3.8, 4) is 18.2 Å². The highest BCUT2D eigenvalue weighted by atomic mass is 16.5. The number of nitrogens with zero attached hydrogens (tertiary/aromatic N) is 1. The van der Waals surface area contributed by atoms with Gasteiger partial charge in [0.1, 0.15) is 0 Å². The number of aromatic nitrogens is 1. The van der Waals surface area contributed by atoms with E-state index >= 15 is 0 Å². The van der Waals surface area contributed by atoms with Crippen molar-refractivity contribution in [3.63, 3.8) is 0 Å². The zero-order chi connectivity index (χ0) is 8.10. The minimum Gasteiger partial charge on any atom is -0.477 e. The van der Waals surface area contributed by atoms with E-state index in [1.807, 2.05) is 6.92 Å². The number of hydrogen-bond donors (Lipinski definition) is 0. The number of pyridine rings is 1. The molecule has 2 nitrogen and oxygen atoms in total. The van der Waals surface area contributed by atoms with Gasteiger partial charge in [0.25, 0.3) is 0 Å². The summed E-state index contributed by atoms with van der Waals surface area (Å²) in [5.74, 6) is 3.03. The van der Waals surface area contributed by atoms with Gasteiger partial charge in [-0.1, -0.05) is 5.92 Å². The van der Waals surface area contributed by atoms with E-state index in [1.54, 1.807) is 18.3 Å². The van der Waals surface area contributed by atoms with E-state index < -0.39 is 0 Å². The SMILES string of the molecule is C#Cc1cccnc1OCC. The molecule has 1 aromatic rings. The Labute approximate surface area is 66.2 Å². The lowest BCUT2D eigenvalue weighted by atomic mass is 10.3. The van der Waals surface area contributed by atoms with Crippen LogP contribution in [0.25, 0.3) is 0 Å². The molecule has 0 aromatic carbocycles. The van der Waals surface area contributed by atoms with Crippen molar-refractivity contribution in [3.05, 3.63) is 23.9 Å². The van der Waals surface area contributed by atoms with E-state index in [9.17, 15) is 0 Å². The van der Waals surface area contributed by atoms with E-state index in [4.69, 9.17) is 11.2 Å². The van der Waals surface area contributed by atoms with Crippen LogP contribution < -0.4 is 4.74 Å². The van der Waals surface area contributed by atoms with Gasteiger partial charge in [0.05, 0.1) is 12.2 Å². The third-order valence-electron chi connectivity index (χ3n) is 1.21. The lowest BCUT2D eigenvalue weighted by molar-refractivity contribution is 0.326. The molecular formula is C9H9NO. The normalized spacial score (nSPS) is 8.73. The Morgan fingerprint density at radius 2 is 2.55 bits per heavy atom. The lowest BCUT2D eigenvalue weighted by Gasteiger charge is -2.02. The van der Waals surface area contributed by atoms with Crippen LogP contribution in [0.4, 0.5) is 0 Å². The van der Waals surface area contributed by atoms with Crippen molar-refractivity contribution in [2.24, 2.45) is 0 Å². The fraction of sp³-hybridized carbons (Fsp3) is 0.222. The second-order valence-electron chi connectivity index (χ2n) is 1.93. The molecule has 0 atom stereocenters. The number of terminal acetylenes is 1. The Balaban J connectivity index is 2.95. The topological polar surface area (TPSA) is 22.1 Å². The molecule has 56 valence electrons. The summed E-state index contributed by atoms with van der Waals surface area (Å²) in [6.45, 7) is 2.49. The quantitative estimate of drug-likeness (QED) is 0.591. The van der Waals surface area contributed by atoms with Gasteiger partial charge < -0.3 is 4.74 Å². The van der Waals surface area contributed by atoms with Crippen LogP contribution in [0, 0.1) is 12.3 Å². The van der Waals surface area contributed by atoms with E-state index in [0.29, 0.717) is 18.1 Å². The van der Waals surface area contributed by atoms with Gasteiger partial charge in [-0.05, 0) is 19.1 Å². The zero-order valence-electron chi connectivity index (χ0n) is 6.37. The van der Waals surface area contributed by atoms with Gasteiger partial charge in [-0.2, -0.15) is 0 Å². The minimum absolute atomic E-state index is 0.539. The van der Waals surface area contributed by atoms with E-state index in [2.05, 4.69) is 10.9 Å². The summed E-state index contributed by atoms with van der Waals surface area (Å²) in [6, 6.07) is 3.59. The van der Waals surface area contributed by atoms with Gasteiger partial charge in [0.2, 0.25) is 5.88 Å². The summed E-state index contributed by atoms with van der Waals surface area (Å²) >= 11 is 0. The predicted octanol–water partition coefficient (Wildman–Crippen LogP) is 1.46. The average Bonchev–Trinajstić information content (AvgIpc) is 2.06. The van der Waals surface area contributed by atoms with Crippen molar-refractivity contribution < 1.29 is 4.74 Å². The highest BCUT2D eigenvalue weighted by Crippen LogP contribution is 2.11. The zero-order valence-corrected chi connectivity index (χ0v) is 6.37. The van der Waals surface area contributed by atoms with Gasteiger partial charge in [0.15, 0.2) is 0 Å². The Morgan fingerprint density at radius 1 is 1.73 bits per heavy atom. The van der Waals surface area contributed by atoms with Crippen LogP contribution in [-0.2, 0) is 0 Å². The average molecular weight is 147 g/mol. The standard InChI is InChI=1S/C9H9NO/c1-3-8-6-5-7-10-9(8)11-4-2/h1,5-7H,4H2,2H3. The van der Waals surface area contributed by atoms with Gasteiger partial charge in [-0.3, -0.25) is 0 Å². The Morgan fingerprint density at radius 3 is 3.18 bits per heavy atom. The second-order valence-corrected chi connectivity index (χ2v) is 1.93. The molecule has 0 saturated carbocycles. The summed E-state index contributed by atoms with van der Waals surface area (Å²) in [5, 5.41) is 0. The van der Waals surface area contributed by atoms with Crippen molar-refractivity contribution in [1.82, 2.24) is 4.98 Å². The third kappa shape index (κ3) is 1.71. The Bertz CT molecular complexity index is 275. The van der Waals surface area contributed by atoms with Crippen molar-refractivity contribution in [1.29, 1.82) is 0 Å². The molecule has 1 heterocycles. The molecule has 0 amide bonds. The van der Waals surface area contributed by atoms with Crippen LogP contribution in [0.2, 0.25) is 0 Å². The molecule has 11 heavy (non-hydrogen) atoms. The maximum atomic E-state index is 5.21. The summed E-state index contributed by atoms with van der Waals surface area (Å²) in [4.78, 5) is 3.97. The molecule has 0 fully saturated rings. The van der Waals surface area contributed by atoms with Gasteiger partial charge in [-0.25, -0.2) is 4.98 Å². The largest absolute Gasteiger partial charge is 0.477 e. The summed E-state index contributed by atoms with van der Waals surface area (Å²) < 4.78 is 5.17. The molecule has 0 aliphatic heterocycles. The first kappa shape index (κ1) is 7.62. The lowest BCUT2D eigenvalue weighted by Crippen LogP contribution is -1.96. The van der Waals surface area contributed by atoms with E-state index in [-0.39, 0.29) is 0 Å². The monoisotopic (exact) mass is 147 g/mol. The molecule has 1 rings (SSSR count). The molecule has 0 unspecified atom stereocenters. The van der Waals surface area contributed by atoms with Crippen LogP contribution in [0.5, 0.6) is 5.88 Å². The van der Waals surface area contributed by atoms with Crippen LogP contribution >= 0.6 is 0 Å². The van der Waals surface area contributed by atoms with Crippen LogP contribution in [0.15, 0.2) is 18.3 Å². The van der Waals surface area contributed by atoms with E-state index in [1.165, 1.54) is 0 Å². The Hall–Kier alpha value is -1.49. The summed E-state index contributed by atoms with van der Waals surface area (Å²) in [7, 11) is 0. The van der Waals surface area contributed by atoms with Crippen molar-refractivity contribution in [2.75, 3.05) is 6.61 Å². The van der Waals surface area contributed by atoms with Crippen molar-refractivity contribution in [2.45, 2.75) is 6.92 Å². The molecule has 1 aromatic heterocycles. The molecule has 0 radical (unpaired) electrons. The van der Waals surface area contributed by atoms with Gasteiger partial charge in [0, 0.05) is 6.20 Å². The van der Waals surface area contributed by atoms with Gasteiger partial charge >= 0.3 is 0 Å². The van der Waals surface area contributed by atoms with Crippen LogP contribution in [0.1, 0.15) is 12.5 Å². The molecule has 0 aliphatic rings. The minimum atomic E-state index is 0.539. The second kappa shape index (κ2) is 3.62. The fourth-order valence-corrected chi connectivity index (χ4v) is 0.752. The number of hydrogen-bond acceptors (Lipinski definition) is 2. The van der Waals surface area contributed by atoms with E-state index in [0.717, 1.165) is 0 Å². The third-order valence-corrected chi connectivity index (χ3v) is 1.21. The highest BCUT2D eigenvalue weighted by molar-refractivity contribution is 5.39. The maximum Gasteiger partial charge on any atom is 0.229 e. The first-order valence-corrected chi connectivity index (χ1v) is 3.43. The summed E-state index contributed by atoms with van der Waals surface area (Å²) in [6.07, 6.45) is 6.87. The maximum absolute atomic E-state index is 5.21. The first-order chi connectivity index (χ1) is 5.38. The molecular weight excluding hydrogens is 138 g/mol. The van der Waals surface area contributed by atoms with Crippen LogP contribution in [0.3, 0.4) is 0 Å². The number of ether oxygens (including phenoxy) is 1. The highest BCUT2D eigenvalue weighted by Gasteiger charge is 1.98. The number of rotatable bonds is 2. The van der Waals surface area contributed by atoms with Crippen LogP contribution in [-0.4, -0.2) is 11.6 Å². The molecule has 0 aliphatic carbocycles. The molecule has 0 bridgehead atoms. The summed E-state index contributed by atoms with van der Waals surface area (Å²) in [5.41, 5.74) is 0.703. The molecule has 0 saturated heterocycles. The molecule has 0 spiro atoms.